The smallest absolute Gasteiger partial charge is 0.282 e. The third-order valence-corrected chi connectivity index (χ3v) is 5.67. The SMILES string of the molecule is CCCc1nc2ccc(Br)cc2c(=O)n1N=Cc1ccc(OCc2ccccc2)c(OCC)c1. The van der Waals surface area contributed by atoms with Crippen molar-refractivity contribution in [3.63, 3.8) is 0 Å². The van der Waals surface area contributed by atoms with Crippen LogP contribution in [0, 0.1) is 0 Å². The normalized spacial score (nSPS) is 11.3. The van der Waals surface area contributed by atoms with Crippen LogP contribution in [0.3, 0.4) is 0 Å². The first-order valence-electron chi connectivity index (χ1n) is 11.3. The first-order chi connectivity index (χ1) is 16.6. The summed E-state index contributed by atoms with van der Waals surface area (Å²) in [5.74, 6) is 1.92. The predicted octanol–water partition coefficient (Wildman–Crippen LogP) is 5.97. The van der Waals surface area contributed by atoms with Gasteiger partial charge in [-0.2, -0.15) is 9.78 Å². The summed E-state index contributed by atoms with van der Waals surface area (Å²) < 4.78 is 14.0. The molecule has 0 amide bonds. The maximum Gasteiger partial charge on any atom is 0.282 e. The average molecular weight is 520 g/mol. The summed E-state index contributed by atoms with van der Waals surface area (Å²) in [5.41, 5.74) is 2.34. The minimum absolute atomic E-state index is 0.196. The fourth-order valence-corrected chi connectivity index (χ4v) is 3.91. The van der Waals surface area contributed by atoms with Crippen molar-refractivity contribution in [1.29, 1.82) is 0 Å². The van der Waals surface area contributed by atoms with Crippen LogP contribution in [0.25, 0.3) is 10.9 Å². The van der Waals surface area contributed by atoms with Crippen LogP contribution < -0.4 is 15.0 Å². The molecule has 0 unspecified atom stereocenters. The fourth-order valence-electron chi connectivity index (χ4n) is 3.55. The second-order valence-electron chi connectivity index (χ2n) is 7.71. The fraction of sp³-hybridized carbons (Fsp3) is 0.222. The highest BCUT2D eigenvalue weighted by atomic mass is 79.9. The molecule has 0 saturated carbocycles. The third-order valence-electron chi connectivity index (χ3n) is 5.18. The summed E-state index contributed by atoms with van der Waals surface area (Å²) in [6, 6.07) is 21.1. The van der Waals surface area contributed by atoms with Crippen LogP contribution in [0.4, 0.5) is 0 Å². The highest BCUT2D eigenvalue weighted by Gasteiger charge is 2.11. The van der Waals surface area contributed by atoms with Crippen LogP contribution in [0.1, 0.15) is 37.2 Å². The van der Waals surface area contributed by atoms with Crippen molar-refractivity contribution in [2.75, 3.05) is 6.61 Å². The van der Waals surface area contributed by atoms with E-state index in [0.29, 0.717) is 47.9 Å². The van der Waals surface area contributed by atoms with E-state index in [4.69, 9.17) is 9.47 Å². The van der Waals surface area contributed by atoms with E-state index in [9.17, 15) is 4.79 Å². The van der Waals surface area contributed by atoms with Crippen molar-refractivity contribution in [3.05, 3.63) is 98.5 Å². The Morgan fingerprint density at radius 3 is 2.59 bits per heavy atom. The summed E-state index contributed by atoms with van der Waals surface area (Å²) in [5, 5.41) is 5.02. The van der Waals surface area contributed by atoms with Gasteiger partial charge in [0.1, 0.15) is 12.4 Å². The molecule has 0 aliphatic rings. The molecule has 0 atom stereocenters. The van der Waals surface area contributed by atoms with E-state index >= 15 is 0 Å². The number of hydrogen-bond acceptors (Lipinski definition) is 5. The summed E-state index contributed by atoms with van der Waals surface area (Å²) >= 11 is 3.43. The van der Waals surface area contributed by atoms with Crippen LogP contribution in [-0.4, -0.2) is 22.5 Å². The zero-order valence-corrected chi connectivity index (χ0v) is 20.8. The van der Waals surface area contributed by atoms with Gasteiger partial charge in [-0.15, -0.1) is 0 Å². The molecule has 0 saturated heterocycles. The zero-order chi connectivity index (χ0) is 23.9. The lowest BCUT2D eigenvalue weighted by molar-refractivity contribution is 0.269. The molecule has 0 aliphatic heterocycles. The van der Waals surface area contributed by atoms with E-state index in [0.717, 1.165) is 22.0 Å². The molecule has 3 aromatic carbocycles. The van der Waals surface area contributed by atoms with Crippen molar-refractivity contribution in [2.45, 2.75) is 33.3 Å². The molecule has 4 aromatic rings. The molecule has 1 aromatic heterocycles. The monoisotopic (exact) mass is 519 g/mol. The molecule has 4 rings (SSSR count). The van der Waals surface area contributed by atoms with Gasteiger partial charge in [-0.1, -0.05) is 53.2 Å². The van der Waals surface area contributed by atoms with Gasteiger partial charge in [0.2, 0.25) is 0 Å². The van der Waals surface area contributed by atoms with E-state index in [2.05, 4.69) is 32.9 Å². The van der Waals surface area contributed by atoms with Gasteiger partial charge >= 0.3 is 0 Å². The van der Waals surface area contributed by atoms with E-state index in [-0.39, 0.29) is 5.56 Å². The van der Waals surface area contributed by atoms with Crippen LogP contribution >= 0.6 is 15.9 Å². The molecule has 6 nitrogen and oxygen atoms in total. The van der Waals surface area contributed by atoms with Crippen molar-refractivity contribution >= 4 is 33.0 Å². The summed E-state index contributed by atoms with van der Waals surface area (Å²) in [4.78, 5) is 17.9. The lowest BCUT2D eigenvalue weighted by Gasteiger charge is -2.13. The molecule has 0 bridgehead atoms. The van der Waals surface area contributed by atoms with Crippen LogP contribution in [0.15, 0.2) is 81.1 Å². The van der Waals surface area contributed by atoms with Gasteiger partial charge in [0.05, 0.1) is 23.7 Å². The van der Waals surface area contributed by atoms with E-state index in [1.165, 1.54) is 4.68 Å². The number of aromatic nitrogens is 2. The Labute approximate surface area is 207 Å². The minimum atomic E-state index is -0.196. The largest absolute Gasteiger partial charge is 0.490 e. The molecule has 0 fully saturated rings. The van der Waals surface area contributed by atoms with Crippen molar-refractivity contribution in [2.24, 2.45) is 5.10 Å². The quantitative estimate of drug-likeness (QED) is 0.255. The van der Waals surface area contributed by atoms with E-state index < -0.39 is 0 Å². The molecule has 174 valence electrons. The zero-order valence-electron chi connectivity index (χ0n) is 19.2. The minimum Gasteiger partial charge on any atom is -0.490 e. The number of halogens is 1. The van der Waals surface area contributed by atoms with Crippen molar-refractivity contribution < 1.29 is 9.47 Å². The van der Waals surface area contributed by atoms with Crippen LogP contribution in [-0.2, 0) is 13.0 Å². The van der Waals surface area contributed by atoms with Gasteiger partial charge < -0.3 is 9.47 Å². The van der Waals surface area contributed by atoms with Crippen molar-refractivity contribution in [1.82, 2.24) is 9.66 Å². The number of benzene rings is 3. The summed E-state index contributed by atoms with van der Waals surface area (Å²) in [6.07, 6.45) is 3.15. The summed E-state index contributed by atoms with van der Waals surface area (Å²) in [7, 11) is 0. The van der Waals surface area contributed by atoms with Gasteiger partial charge in [-0.3, -0.25) is 4.79 Å². The number of hydrogen-bond donors (Lipinski definition) is 0. The Kier molecular flexibility index (Phi) is 7.75. The van der Waals surface area contributed by atoms with Gasteiger partial charge in [0.25, 0.3) is 5.56 Å². The maximum atomic E-state index is 13.2. The first-order valence-corrected chi connectivity index (χ1v) is 12.1. The molecule has 7 heteroatoms. The Hall–Kier alpha value is -3.45. The first kappa shape index (κ1) is 23.7. The Morgan fingerprint density at radius 2 is 1.82 bits per heavy atom. The molecule has 0 N–H and O–H groups in total. The lowest BCUT2D eigenvalue weighted by atomic mass is 10.2. The highest BCUT2D eigenvalue weighted by molar-refractivity contribution is 9.10. The predicted molar refractivity (Wildman–Crippen MR) is 139 cm³/mol. The van der Waals surface area contributed by atoms with E-state index in [1.54, 1.807) is 12.3 Å². The second kappa shape index (κ2) is 11.1. The second-order valence-corrected chi connectivity index (χ2v) is 8.63. The topological polar surface area (TPSA) is 65.7 Å². The molecule has 0 spiro atoms. The lowest BCUT2D eigenvalue weighted by Crippen LogP contribution is -2.22. The molecular formula is C27H26BrN3O3. The van der Waals surface area contributed by atoms with Gasteiger partial charge in [0, 0.05) is 10.9 Å². The summed E-state index contributed by atoms with van der Waals surface area (Å²) in [6.45, 7) is 4.93. The third kappa shape index (κ3) is 5.54. The Bertz CT molecular complexity index is 1370. The Morgan fingerprint density at radius 1 is 1.00 bits per heavy atom. The van der Waals surface area contributed by atoms with Crippen molar-refractivity contribution in [3.8, 4) is 11.5 Å². The average Bonchev–Trinajstić information content (AvgIpc) is 2.85. The van der Waals surface area contributed by atoms with Crippen LogP contribution in [0.5, 0.6) is 11.5 Å². The van der Waals surface area contributed by atoms with Gasteiger partial charge in [-0.05, 0) is 60.9 Å². The highest BCUT2D eigenvalue weighted by Crippen LogP contribution is 2.29. The van der Waals surface area contributed by atoms with Gasteiger partial charge in [0.15, 0.2) is 11.5 Å². The molecule has 0 aliphatic carbocycles. The number of aryl methyl sites for hydroxylation is 1. The molecular weight excluding hydrogens is 494 g/mol. The molecule has 34 heavy (non-hydrogen) atoms. The van der Waals surface area contributed by atoms with Crippen LogP contribution in [0.2, 0.25) is 0 Å². The number of nitrogens with zero attached hydrogens (tertiary/aromatic N) is 3. The Balaban J connectivity index is 1.65. The number of fused-ring (bicyclic) bond motifs is 1. The molecule has 0 radical (unpaired) electrons. The molecule has 1 heterocycles. The van der Waals surface area contributed by atoms with Gasteiger partial charge in [-0.25, -0.2) is 4.98 Å². The standard InChI is InChI=1S/C27H26BrN3O3/c1-3-8-26-30-23-13-12-21(28)16-22(23)27(32)31(26)29-17-20-11-14-24(25(15-20)33-4-2)34-18-19-9-6-5-7-10-19/h5-7,9-17H,3-4,8,18H2,1-2H3. The van der Waals surface area contributed by atoms with E-state index in [1.807, 2.05) is 67.6 Å². The number of ether oxygens (including phenoxy) is 2. The maximum absolute atomic E-state index is 13.2. The number of rotatable bonds is 9.